The lowest BCUT2D eigenvalue weighted by Gasteiger charge is -2.27. The number of hydrogen-bond donors (Lipinski definition) is 1. The Hall–Kier alpha value is -0.120. The zero-order valence-electron chi connectivity index (χ0n) is 11.2. The molecule has 3 heteroatoms. The third-order valence-corrected chi connectivity index (χ3v) is 3.65. The summed E-state index contributed by atoms with van der Waals surface area (Å²) in [4.78, 5) is 2.54. The van der Waals surface area contributed by atoms with E-state index in [1.807, 2.05) is 0 Å². The van der Waals surface area contributed by atoms with Gasteiger partial charge in [0, 0.05) is 32.3 Å². The van der Waals surface area contributed by atoms with Gasteiger partial charge in [-0.15, -0.1) is 0 Å². The summed E-state index contributed by atoms with van der Waals surface area (Å²) in [6, 6.07) is 0.710. The molecule has 0 amide bonds. The van der Waals surface area contributed by atoms with Crippen molar-refractivity contribution in [1.82, 2.24) is 10.2 Å². The Morgan fingerprint density at radius 3 is 2.81 bits per heavy atom. The van der Waals surface area contributed by atoms with Crippen molar-refractivity contribution in [3.63, 3.8) is 0 Å². The molecule has 1 N–H and O–H groups in total. The van der Waals surface area contributed by atoms with Crippen molar-refractivity contribution < 1.29 is 4.74 Å². The van der Waals surface area contributed by atoms with Gasteiger partial charge in [0.25, 0.3) is 0 Å². The third kappa shape index (κ3) is 4.81. The highest BCUT2D eigenvalue weighted by Crippen LogP contribution is 2.10. The Morgan fingerprint density at radius 2 is 2.25 bits per heavy atom. The molecular formula is C13H28N2O. The second kappa shape index (κ2) is 8.04. The Labute approximate surface area is 101 Å². The molecule has 0 saturated carbocycles. The number of nitrogens with zero attached hydrogens (tertiary/aromatic N) is 1. The summed E-state index contributed by atoms with van der Waals surface area (Å²) in [5.74, 6) is 0.749. The average molecular weight is 228 g/mol. The quantitative estimate of drug-likeness (QED) is 0.640. The molecule has 1 heterocycles. The monoisotopic (exact) mass is 228 g/mol. The lowest BCUT2D eigenvalue weighted by molar-refractivity contribution is 0.183. The van der Waals surface area contributed by atoms with Crippen LogP contribution < -0.4 is 5.32 Å². The van der Waals surface area contributed by atoms with E-state index in [9.17, 15) is 0 Å². The second-order valence-corrected chi connectivity index (χ2v) is 4.82. The van der Waals surface area contributed by atoms with E-state index in [2.05, 4.69) is 31.0 Å². The molecule has 1 saturated heterocycles. The van der Waals surface area contributed by atoms with Crippen molar-refractivity contribution >= 4 is 0 Å². The molecule has 1 aliphatic heterocycles. The van der Waals surface area contributed by atoms with Gasteiger partial charge in [0.1, 0.15) is 0 Å². The fourth-order valence-electron chi connectivity index (χ4n) is 2.22. The molecule has 2 atom stereocenters. The number of hydrogen-bond acceptors (Lipinski definition) is 3. The highest BCUT2D eigenvalue weighted by atomic mass is 16.5. The van der Waals surface area contributed by atoms with Gasteiger partial charge in [-0.05, 0) is 32.2 Å². The van der Waals surface area contributed by atoms with Gasteiger partial charge in [-0.25, -0.2) is 0 Å². The fourth-order valence-corrected chi connectivity index (χ4v) is 2.22. The van der Waals surface area contributed by atoms with Gasteiger partial charge in [-0.1, -0.05) is 13.8 Å². The molecule has 0 radical (unpaired) electrons. The molecule has 0 aliphatic carbocycles. The first-order valence-corrected chi connectivity index (χ1v) is 6.80. The number of ether oxygens (including phenoxy) is 1. The molecule has 1 rings (SSSR count). The van der Waals surface area contributed by atoms with Crippen LogP contribution >= 0.6 is 0 Å². The van der Waals surface area contributed by atoms with Crippen LogP contribution in [-0.4, -0.2) is 50.3 Å². The normalized spacial score (nSPS) is 22.9. The summed E-state index contributed by atoms with van der Waals surface area (Å²) in [5, 5.41) is 3.55. The van der Waals surface area contributed by atoms with Crippen LogP contribution in [0.1, 0.15) is 33.6 Å². The summed E-state index contributed by atoms with van der Waals surface area (Å²) in [5.41, 5.74) is 0. The van der Waals surface area contributed by atoms with Gasteiger partial charge in [0.15, 0.2) is 0 Å². The molecule has 2 unspecified atom stereocenters. The molecule has 1 fully saturated rings. The standard InChI is InChI=1S/C13H28N2O/c1-4-12(3)15(5-2)8-7-14-10-13-6-9-16-11-13/h12-14H,4-11H2,1-3H3. The molecule has 0 aromatic carbocycles. The fraction of sp³-hybridized carbons (Fsp3) is 1.00. The van der Waals surface area contributed by atoms with E-state index in [0.29, 0.717) is 6.04 Å². The Morgan fingerprint density at radius 1 is 1.44 bits per heavy atom. The molecular weight excluding hydrogens is 200 g/mol. The van der Waals surface area contributed by atoms with Gasteiger partial charge in [0.05, 0.1) is 6.61 Å². The predicted molar refractivity (Wildman–Crippen MR) is 68.8 cm³/mol. The van der Waals surface area contributed by atoms with Crippen LogP contribution in [0.4, 0.5) is 0 Å². The van der Waals surface area contributed by atoms with E-state index in [1.165, 1.54) is 19.4 Å². The van der Waals surface area contributed by atoms with Crippen molar-refractivity contribution in [2.45, 2.75) is 39.7 Å². The zero-order chi connectivity index (χ0) is 11.8. The van der Waals surface area contributed by atoms with Gasteiger partial charge >= 0.3 is 0 Å². The average Bonchev–Trinajstić information content (AvgIpc) is 2.81. The molecule has 16 heavy (non-hydrogen) atoms. The zero-order valence-corrected chi connectivity index (χ0v) is 11.2. The minimum Gasteiger partial charge on any atom is -0.381 e. The largest absolute Gasteiger partial charge is 0.381 e. The first-order valence-electron chi connectivity index (χ1n) is 6.80. The number of rotatable bonds is 8. The molecule has 0 aromatic heterocycles. The third-order valence-electron chi connectivity index (χ3n) is 3.65. The second-order valence-electron chi connectivity index (χ2n) is 4.82. The van der Waals surface area contributed by atoms with Crippen LogP contribution in [0.3, 0.4) is 0 Å². The molecule has 0 spiro atoms. The first-order chi connectivity index (χ1) is 7.77. The van der Waals surface area contributed by atoms with E-state index < -0.39 is 0 Å². The lowest BCUT2D eigenvalue weighted by Crippen LogP contribution is -2.39. The van der Waals surface area contributed by atoms with E-state index in [0.717, 1.165) is 38.8 Å². The van der Waals surface area contributed by atoms with Gasteiger partial charge in [-0.2, -0.15) is 0 Å². The van der Waals surface area contributed by atoms with Crippen LogP contribution in [0.5, 0.6) is 0 Å². The minimum absolute atomic E-state index is 0.710. The van der Waals surface area contributed by atoms with Gasteiger partial charge in [0.2, 0.25) is 0 Å². The molecule has 96 valence electrons. The highest BCUT2D eigenvalue weighted by molar-refractivity contribution is 4.69. The predicted octanol–water partition coefficient (Wildman–Crippen LogP) is 1.73. The van der Waals surface area contributed by atoms with Crippen LogP contribution in [0.15, 0.2) is 0 Å². The maximum Gasteiger partial charge on any atom is 0.0507 e. The van der Waals surface area contributed by atoms with Crippen molar-refractivity contribution in [2.24, 2.45) is 5.92 Å². The SMILES string of the molecule is CCC(C)N(CC)CCNCC1CCOC1. The van der Waals surface area contributed by atoms with E-state index in [-0.39, 0.29) is 0 Å². The van der Waals surface area contributed by atoms with Crippen molar-refractivity contribution in [1.29, 1.82) is 0 Å². The van der Waals surface area contributed by atoms with E-state index in [1.54, 1.807) is 0 Å². The van der Waals surface area contributed by atoms with Gasteiger partial charge < -0.3 is 10.1 Å². The molecule has 3 nitrogen and oxygen atoms in total. The summed E-state index contributed by atoms with van der Waals surface area (Å²) >= 11 is 0. The maximum atomic E-state index is 5.36. The van der Waals surface area contributed by atoms with Crippen molar-refractivity contribution in [2.75, 3.05) is 39.4 Å². The maximum absolute atomic E-state index is 5.36. The molecule has 1 aliphatic rings. The Kier molecular flexibility index (Phi) is 7.01. The number of nitrogens with one attached hydrogen (secondary N) is 1. The van der Waals surface area contributed by atoms with Crippen LogP contribution in [0, 0.1) is 5.92 Å². The van der Waals surface area contributed by atoms with E-state index >= 15 is 0 Å². The summed E-state index contributed by atoms with van der Waals surface area (Å²) in [6.07, 6.45) is 2.47. The Balaban J connectivity index is 2.03. The van der Waals surface area contributed by atoms with Crippen LogP contribution in [0.2, 0.25) is 0 Å². The molecule has 0 bridgehead atoms. The van der Waals surface area contributed by atoms with Crippen LogP contribution in [-0.2, 0) is 4.74 Å². The summed E-state index contributed by atoms with van der Waals surface area (Å²) < 4.78 is 5.36. The highest BCUT2D eigenvalue weighted by Gasteiger charge is 2.15. The van der Waals surface area contributed by atoms with Crippen LogP contribution in [0.25, 0.3) is 0 Å². The lowest BCUT2D eigenvalue weighted by atomic mass is 10.1. The first kappa shape index (κ1) is 13.9. The van der Waals surface area contributed by atoms with E-state index in [4.69, 9.17) is 4.74 Å². The minimum atomic E-state index is 0.710. The van der Waals surface area contributed by atoms with Gasteiger partial charge in [-0.3, -0.25) is 4.90 Å². The summed E-state index contributed by atoms with van der Waals surface area (Å²) in [6.45, 7) is 13.3. The number of likely N-dealkylation sites (N-methyl/N-ethyl adjacent to an activating group) is 1. The Bertz CT molecular complexity index is 169. The smallest absolute Gasteiger partial charge is 0.0507 e. The van der Waals surface area contributed by atoms with Crippen molar-refractivity contribution in [3.05, 3.63) is 0 Å². The topological polar surface area (TPSA) is 24.5 Å². The van der Waals surface area contributed by atoms with Crippen molar-refractivity contribution in [3.8, 4) is 0 Å². The molecule has 0 aromatic rings. The summed E-state index contributed by atoms with van der Waals surface area (Å²) in [7, 11) is 0.